The molecule has 0 aliphatic heterocycles. The minimum absolute atomic E-state index is 0.199. The van der Waals surface area contributed by atoms with Crippen LogP contribution >= 0.6 is 11.6 Å². The lowest BCUT2D eigenvalue weighted by Crippen LogP contribution is -2.30. The van der Waals surface area contributed by atoms with Gasteiger partial charge in [0.2, 0.25) is 0 Å². The van der Waals surface area contributed by atoms with E-state index in [4.69, 9.17) is 16.3 Å². The van der Waals surface area contributed by atoms with E-state index in [2.05, 4.69) is 5.32 Å². The molecule has 0 unspecified atom stereocenters. The summed E-state index contributed by atoms with van der Waals surface area (Å²) in [4.78, 5) is 26.4. The Morgan fingerprint density at radius 2 is 1.82 bits per heavy atom. The van der Waals surface area contributed by atoms with Gasteiger partial charge >= 0.3 is 5.97 Å². The number of esters is 1. The van der Waals surface area contributed by atoms with Gasteiger partial charge in [-0.1, -0.05) is 35.9 Å². The molecule has 1 amide bonds. The highest BCUT2D eigenvalue weighted by Gasteiger charge is 2.21. The molecule has 0 radical (unpaired) electrons. The first-order valence-corrected chi connectivity index (χ1v) is 8.85. The van der Waals surface area contributed by atoms with Crippen molar-refractivity contribution in [1.29, 1.82) is 5.26 Å². The van der Waals surface area contributed by atoms with Crippen LogP contribution in [0.1, 0.15) is 12.5 Å². The van der Waals surface area contributed by atoms with Crippen molar-refractivity contribution in [3.63, 3.8) is 0 Å². The quantitative estimate of drug-likeness (QED) is 0.454. The Labute approximate surface area is 169 Å². The summed E-state index contributed by atoms with van der Waals surface area (Å²) in [6.45, 7) is 1.42. The molecule has 0 bridgehead atoms. The first-order chi connectivity index (χ1) is 13.3. The molecule has 2 aromatic carbocycles. The van der Waals surface area contributed by atoms with Gasteiger partial charge in [-0.2, -0.15) is 5.26 Å². The second-order valence-corrected chi connectivity index (χ2v) is 6.58. The first-order valence-electron chi connectivity index (χ1n) is 8.47. The number of anilines is 2. The van der Waals surface area contributed by atoms with Gasteiger partial charge in [-0.3, -0.25) is 4.79 Å². The topological polar surface area (TPSA) is 82.4 Å². The third kappa shape index (κ3) is 5.60. The third-order valence-corrected chi connectivity index (χ3v) is 4.18. The number of carbonyl (C=O) groups is 2. The molecule has 0 aromatic heterocycles. The monoisotopic (exact) mass is 397 g/mol. The minimum Gasteiger partial charge on any atom is -0.448 e. The summed E-state index contributed by atoms with van der Waals surface area (Å²) < 4.78 is 5.12. The Bertz CT molecular complexity index is 931. The molecule has 6 nitrogen and oxygen atoms in total. The van der Waals surface area contributed by atoms with Crippen molar-refractivity contribution >= 4 is 40.9 Å². The zero-order valence-electron chi connectivity index (χ0n) is 15.8. The summed E-state index contributed by atoms with van der Waals surface area (Å²) in [7, 11) is 3.83. The van der Waals surface area contributed by atoms with Crippen molar-refractivity contribution in [2.75, 3.05) is 24.3 Å². The molecule has 1 atom stereocenters. The Hall–Kier alpha value is -3.30. The highest BCUT2D eigenvalue weighted by atomic mass is 35.5. The lowest BCUT2D eigenvalue weighted by atomic mass is 10.1. The van der Waals surface area contributed by atoms with Crippen molar-refractivity contribution < 1.29 is 14.3 Å². The van der Waals surface area contributed by atoms with E-state index in [0.29, 0.717) is 16.3 Å². The van der Waals surface area contributed by atoms with Crippen LogP contribution in [0.15, 0.2) is 54.1 Å². The average Bonchev–Trinajstić information content (AvgIpc) is 2.67. The van der Waals surface area contributed by atoms with Gasteiger partial charge in [0, 0.05) is 19.8 Å². The van der Waals surface area contributed by atoms with E-state index in [-0.39, 0.29) is 5.57 Å². The molecule has 28 heavy (non-hydrogen) atoms. The van der Waals surface area contributed by atoms with Crippen molar-refractivity contribution in [2.24, 2.45) is 0 Å². The Morgan fingerprint density at radius 1 is 1.18 bits per heavy atom. The van der Waals surface area contributed by atoms with Crippen LogP contribution in [0, 0.1) is 11.3 Å². The highest BCUT2D eigenvalue weighted by Crippen LogP contribution is 2.21. The van der Waals surface area contributed by atoms with Gasteiger partial charge in [0.25, 0.3) is 5.91 Å². The zero-order valence-corrected chi connectivity index (χ0v) is 16.5. The molecule has 0 saturated carbocycles. The first kappa shape index (κ1) is 21.0. The van der Waals surface area contributed by atoms with Crippen molar-refractivity contribution in [1.82, 2.24) is 0 Å². The smallest absolute Gasteiger partial charge is 0.349 e. The second kappa shape index (κ2) is 9.58. The Morgan fingerprint density at radius 3 is 2.39 bits per heavy atom. The maximum Gasteiger partial charge on any atom is 0.349 e. The molecule has 2 aromatic rings. The second-order valence-electron chi connectivity index (χ2n) is 6.17. The number of hydrogen-bond donors (Lipinski definition) is 1. The summed E-state index contributed by atoms with van der Waals surface area (Å²) in [6.07, 6.45) is 0.317. The predicted octanol–water partition coefficient (Wildman–Crippen LogP) is 3.88. The zero-order chi connectivity index (χ0) is 20.7. The molecule has 7 heteroatoms. The van der Waals surface area contributed by atoms with E-state index in [9.17, 15) is 14.9 Å². The molecular weight excluding hydrogens is 378 g/mol. The van der Waals surface area contributed by atoms with Crippen LogP contribution < -0.4 is 10.2 Å². The number of amides is 1. The van der Waals surface area contributed by atoms with E-state index in [1.165, 1.54) is 13.0 Å². The SMILES string of the molecule is C[C@@H](OC(=O)/C(C#N)=C/c1ccc(N(C)C)cc1)C(=O)Nc1ccccc1Cl. The number of nitrogens with zero attached hydrogens (tertiary/aromatic N) is 2. The van der Waals surface area contributed by atoms with Crippen LogP contribution in [0.4, 0.5) is 11.4 Å². The number of nitrogens with one attached hydrogen (secondary N) is 1. The van der Waals surface area contributed by atoms with Crippen LogP contribution in [0.2, 0.25) is 5.02 Å². The summed E-state index contributed by atoms with van der Waals surface area (Å²) in [6, 6.07) is 15.8. The van der Waals surface area contributed by atoms with Crippen LogP contribution in [-0.4, -0.2) is 32.1 Å². The molecule has 144 valence electrons. The molecule has 0 spiro atoms. The van der Waals surface area contributed by atoms with E-state index in [1.807, 2.05) is 37.2 Å². The fraction of sp³-hybridized carbons (Fsp3) is 0.190. The Kier molecular flexibility index (Phi) is 7.19. The number of benzene rings is 2. The average molecular weight is 398 g/mol. The Balaban J connectivity index is 2.05. The number of para-hydroxylation sites is 1. The molecular formula is C21H20ClN3O3. The van der Waals surface area contributed by atoms with Gasteiger partial charge in [0.15, 0.2) is 6.10 Å². The molecule has 0 aliphatic rings. The van der Waals surface area contributed by atoms with Crippen molar-refractivity contribution in [2.45, 2.75) is 13.0 Å². The van der Waals surface area contributed by atoms with E-state index >= 15 is 0 Å². The summed E-state index contributed by atoms with van der Waals surface area (Å²) >= 11 is 5.99. The fourth-order valence-corrected chi connectivity index (χ4v) is 2.43. The van der Waals surface area contributed by atoms with Gasteiger partial charge in [-0.15, -0.1) is 0 Å². The van der Waals surface area contributed by atoms with Gasteiger partial charge in [-0.25, -0.2) is 4.79 Å². The molecule has 0 aliphatic carbocycles. The molecule has 0 fully saturated rings. The molecule has 2 rings (SSSR count). The van der Waals surface area contributed by atoms with Crippen LogP contribution in [0.25, 0.3) is 6.08 Å². The largest absolute Gasteiger partial charge is 0.448 e. The molecule has 0 saturated heterocycles. The van der Waals surface area contributed by atoms with E-state index < -0.39 is 18.0 Å². The summed E-state index contributed by atoms with van der Waals surface area (Å²) in [5.74, 6) is -1.42. The number of hydrogen-bond acceptors (Lipinski definition) is 5. The lowest BCUT2D eigenvalue weighted by molar-refractivity contribution is -0.148. The van der Waals surface area contributed by atoms with Crippen LogP contribution in [-0.2, 0) is 14.3 Å². The maximum atomic E-state index is 12.3. The molecule has 0 heterocycles. The van der Waals surface area contributed by atoms with Gasteiger partial charge in [0.1, 0.15) is 11.6 Å². The standard InChI is InChI=1S/C21H20ClN3O3/c1-14(20(26)24-19-7-5-4-6-18(19)22)28-21(27)16(13-23)12-15-8-10-17(11-9-15)25(2)3/h4-12,14H,1-3H3,(H,24,26)/b16-12+/t14-/m1/s1. The number of carbonyl (C=O) groups excluding carboxylic acids is 2. The van der Waals surface area contributed by atoms with E-state index in [1.54, 1.807) is 36.4 Å². The van der Waals surface area contributed by atoms with Gasteiger partial charge < -0.3 is 15.0 Å². The van der Waals surface area contributed by atoms with Crippen molar-refractivity contribution in [3.05, 3.63) is 64.7 Å². The number of nitriles is 1. The summed E-state index contributed by atoms with van der Waals surface area (Å²) in [5, 5.41) is 12.2. The van der Waals surface area contributed by atoms with Crippen LogP contribution in [0.3, 0.4) is 0 Å². The third-order valence-electron chi connectivity index (χ3n) is 3.85. The van der Waals surface area contributed by atoms with E-state index in [0.717, 1.165) is 5.69 Å². The molecule has 1 N–H and O–H groups in total. The van der Waals surface area contributed by atoms with Gasteiger partial charge in [0.05, 0.1) is 10.7 Å². The van der Waals surface area contributed by atoms with Crippen LogP contribution in [0.5, 0.6) is 0 Å². The number of ether oxygens (including phenoxy) is 1. The number of rotatable bonds is 6. The summed E-state index contributed by atoms with van der Waals surface area (Å²) in [5.41, 5.74) is 1.87. The highest BCUT2D eigenvalue weighted by molar-refractivity contribution is 6.33. The number of halogens is 1. The normalized spacial score (nSPS) is 11.9. The fourth-order valence-electron chi connectivity index (χ4n) is 2.25. The van der Waals surface area contributed by atoms with Crippen molar-refractivity contribution in [3.8, 4) is 6.07 Å². The predicted molar refractivity (Wildman–Crippen MR) is 110 cm³/mol. The minimum atomic E-state index is -1.10. The lowest BCUT2D eigenvalue weighted by Gasteiger charge is -2.14. The van der Waals surface area contributed by atoms with Gasteiger partial charge in [-0.05, 0) is 42.8 Å². The maximum absolute atomic E-state index is 12.3.